The molecule has 0 bridgehead atoms. The normalized spacial score (nSPS) is 11.1. The topological polar surface area (TPSA) is 115 Å². The number of hydrogen-bond donors (Lipinski definition) is 1. The summed E-state index contributed by atoms with van der Waals surface area (Å²) < 4.78 is 1.82. The fourth-order valence-electron chi connectivity index (χ4n) is 3.63. The quantitative estimate of drug-likeness (QED) is 0.343. The Kier molecular flexibility index (Phi) is 7.29. The molecule has 1 N–H and O–H groups in total. The molecular weight excluding hydrogens is 416 g/mol. The molecule has 4 rings (SSSR count). The maximum absolute atomic E-state index is 12.5. The highest BCUT2D eigenvalue weighted by atomic mass is 16.1. The van der Waals surface area contributed by atoms with Gasteiger partial charge >= 0.3 is 0 Å². The number of aromatic nitrogens is 8. The van der Waals surface area contributed by atoms with Gasteiger partial charge in [0.2, 0.25) is 11.6 Å². The minimum Gasteiger partial charge on any atom is -0.291 e. The summed E-state index contributed by atoms with van der Waals surface area (Å²) in [7, 11) is 0. The summed E-state index contributed by atoms with van der Waals surface area (Å²) in [6, 6.07) is 11.9. The lowest BCUT2D eigenvalue weighted by Crippen LogP contribution is -2.09. The molecular formula is C24H28N8O. The second-order valence-electron chi connectivity index (χ2n) is 7.97. The molecule has 170 valence electrons. The molecule has 0 atom stereocenters. The molecule has 9 heteroatoms. The van der Waals surface area contributed by atoms with Gasteiger partial charge in [0.15, 0.2) is 5.82 Å². The Bertz CT molecular complexity index is 1180. The third-order valence-corrected chi connectivity index (χ3v) is 5.48. The van der Waals surface area contributed by atoms with Gasteiger partial charge in [-0.2, -0.15) is 0 Å². The summed E-state index contributed by atoms with van der Waals surface area (Å²) in [4.78, 5) is 21.7. The second kappa shape index (κ2) is 10.7. The van der Waals surface area contributed by atoms with Crippen LogP contribution in [0.25, 0.3) is 22.5 Å². The van der Waals surface area contributed by atoms with Gasteiger partial charge in [0.05, 0.1) is 12.2 Å². The zero-order valence-corrected chi connectivity index (χ0v) is 19.0. The van der Waals surface area contributed by atoms with Crippen molar-refractivity contribution in [3.05, 3.63) is 59.9 Å². The number of carbonyl (C=O) groups excluding carboxylic acids is 1. The molecule has 4 aromatic rings. The average Bonchev–Trinajstić information content (AvgIpc) is 3.52. The van der Waals surface area contributed by atoms with Crippen LogP contribution in [0.2, 0.25) is 0 Å². The van der Waals surface area contributed by atoms with Crippen molar-refractivity contribution in [1.29, 1.82) is 0 Å². The number of aromatic amines is 1. The monoisotopic (exact) mass is 444 g/mol. The number of benzene rings is 1. The van der Waals surface area contributed by atoms with E-state index in [-0.39, 0.29) is 5.78 Å². The van der Waals surface area contributed by atoms with E-state index in [0.29, 0.717) is 24.6 Å². The third-order valence-electron chi connectivity index (χ3n) is 5.48. The fourth-order valence-corrected chi connectivity index (χ4v) is 3.63. The SMILES string of the molecule is CCCCC(=O)c1nc(CCCC)n(Cc2ccc(-c3ccccc3-c3nnn[nH]3)cn2)n1. The van der Waals surface area contributed by atoms with Crippen molar-refractivity contribution in [2.45, 2.75) is 58.9 Å². The van der Waals surface area contributed by atoms with Crippen LogP contribution in [0, 0.1) is 0 Å². The van der Waals surface area contributed by atoms with Crippen molar-refractivity contribution in [2.24, 2.45) is 0 Å². The predicted molar refractivity (Wildman–Crippen MR) is 124 cm³/mol. The van der Waals surface area contributed by atoms with E-state index in [1.165, 1.54) is 0 Å². The van der Waals surface area contributed by atoms with Crippen LogP contribution in [-0.4, -0.2) is 46.2 Å². The first-order valence-corrected chi connectivity index (χ1v) is 11.4. The molecule has 33 heavy (non-hydrogen) atoms. The molecule has 0 saturated heterocycles. The first-order valence-electron chi connectivity index (χ1n) is 11.4. The summed E-state index contributed by atoms with van der Waals surface area (Å²) in [5.74, 6) is 1.78. The first kappa shape index (κ1) is 22.4. The highest BCUT2D eigenvalue weighted by Gasteiger charge is 2.17. The van der Waals surface area contributed by atoms with Gasteiger partial charge in [-0.3, -0.25) is 9.78 Å². The number of unbranched alkanes of at least 4 members (excludes halogenated alkanes) is 2. The molecule has 0 aliphatic carbocycles. The summed E-state index contributed by atoms with van der Waals surface area (Å²) >= 11 is 0. The summed E-state index contributed by atoms with van der Waals surface area (Å²) in [6.45, 7) is 4.68. The minimum atomic E-state index is 0.00942. The van der Waals surface area contributed by atoms with Crippen LogP contribution >= 0.6 is 0 Å². The lowest BCUT2D eigenvalue weighted by atomic mass is 10.0. The van der Waals surface area contributed by atoms with Crippen LogP contribution < -0.4 is 0 Å². The van der Waals surface area contributed by atoms with Gasteiger partial charge in [0.25, 0.3) is 0 Å². The molecule has 0 fully saturated rings. The summed E-state index contributed by atoms with van der Waals surface area (Å²) in [6.07, 6.45) is 7.00. The van der Waals surface area contributed by atoms with E-state index in [0.717, 1.165) is 60.3 Å². The molecule has 1 aromatic carbocycles. The molecule has 0 amide bonds. The van der Waals surface area contributed by atoms with E-state index in [9.17, 15) is 4.79 Å². The van der Waals surface area contributed by atoms with E-state index in [4.69, 9.17) is 0 Å². The molecule has 0 aliphatic rings. The molecule has 0 spiro atoms. The summed E-state index contributed by atoms with van der Waals surface area (Å²) in [5.41, 5.74) is 3.72. The van der Waals surface area contributed by atoms with Crippen molar-refractivity contribution in [3.8, 4) is 22.5 Å². The molecule has 0 saturated carbocycles. The average molecular weight is 445 g/mol. The molecule has 9 nitrogen and oxygen atoms in total. The Labute approximate surface area is 192 Å². The molecule has 0 radical (unpaired) electrons. The molecule has 0 aliphatic heterocycles. The van der Waals surface area contributed by atoms with E-state index in [2.05, 4.69) is 49.5 Å². The lowest BCUT2D eigenvalue weighted by Gasteiger charge is -2.09. The van der Waals surface area contributed by atoms with Crippen LogP contribution in [0.15, 0.2) is 42.6 Å². The largest absolute Gasteiger partial charge is 0.291 e. The van der Waals surface area contributed by atoms with E-state index in [1.807, 2.05) is 47.3 Å². The first-order chi connectivity index (χ1) is 16.2. The van der Waals surface area contributed by atoms with Crippen LogP contribution in [0.4, 0.5) is 0 Å². The van der Waals surface area contributed by atoms with Crippen molar-refractivity contribution >= 4 is 5.78 Å². The van der Waals surface area contributed by atoms with Gasteiger partial charge in [-0.05, 0) is 34.9 Å². The Balaban J connectivity index is 1.56. The summed E-state index contributed by atoms with van der Waals surface area (Å²) in [5, 5.41) is 18.7. The number of aryl methyl sites for hydroxylation is 1. The third kappa shape index (κ3) is 5.36. The molecule has 3 aromatic heterocycles. The van der Waals surface area contributed by atoms with Crippen LogP contribution in [-0.2, 0) is 13.0 Å². The zero-order chi connectivity index (χ0) is 23.0. The van der Waals surface area contributed by atoms with Gasteiger partial charge in [-0.1, -0.05) is 57.0 Å². The van der Waals surface area contributed by atoms with Gasteiger partial charge in [-0.25, -0.2) is 14.8 Å². The van der Waals surface area contributed by atoms with Gasteiger partial charge < -0.3 is 0 Å². The van der Waals surface area contributed by atoms with Crippen molar-refractivity contribution in [2.75, 3.05) is 0 Å². The fraction of sp³-hybridized carbons (Fsp3) is 0.375. The number of ketones is 1. The van der Waals surface area contributed by atoms with E-state index >= 15 is 0 Å². The maximum Gasteiger partial charge on any atom is 0.217 e. The Hall–Kier alpha value is -3.75. The van der Waals surface area contributed by atoms with Gasteiger partial charge in [0.1, 0.15) is 5.82 Å². The van der Waals surface area contributed by atoms with Crippen LogP contribution in [0.3, 0.4) is 0 Å². The van der Waals surface area contributed by atoms with Crippen molar-refractivity contribution in [1.82, 2.24) is 40.4 Å². The molecule has 0 unspecified atom stereocenters. The molecule has 3 heterocycles. The van der Waals surface area contributed by atoms with Crippen molar-refractivity contribution < 1.29 is 4.79 Å². The Morgan fingerprint density at radius 3 is 2.55 bits per heavy atom. The van der Waals surface area contributed by atoms with Gasteiger partial charge in [0, 0.05) is 30.2 Å². The number of nitrogens with zero attached hydrogens (tertiary/aromatic N) is 7. The Morgan fingerprint density at radius 2 is 1.85 bits per heavy atom. The van der Waals surface area contributed by atoms with Gasteiger partial charge in [-0.15, -0.1) is 10.2 Å². The van der Waals surface area contributed by atoms with Crippen LogP contribution in [0.5, 0.6) is 0 Å². The predicted octanol–water partition coefficient (Wildman–Crippen LogP) is 4.28. The number of hydrogen-bond acceptors (Lipinski definition) is 7. The zero-order valence-electron chi connectivity index (χ0n) is 19.0. The van der Waals surface area contributed by atoms with Crippen molar-refractivity contribution in [3.63, 3.8) is 0 Å². The number of tetrazole rings is 1. The number of carbonyl (C=O) groups is 1. The number of rotatable bonds is 11. The lowest BCUT2D eigenvalue weighted by molar-refractivity contribution is 0.0969. The Morgan fingerprint density at radius 1 is 1.03 bits per heavy atom. The highest BCUT2D eigenvalue weighted by Crippen LogP contribution is 2.29. The second-order valence-corrected chi connectivity index (χ2v) is 7.97. The smallest absolute Gasteiger partial charge is 0.217 e. The number of Topliss-reactive ketones (excluding diaryl/α,β-unsaturated/α-hetero) is 1. The van der Waals surface area contributed by atoms with E-state index in [1.54, 1.807) is 0 Å². The van der Waals surface area contributed by atoms with Crippen LogP contribution in [0.1, 0.15) is 68.1 Å². The standard InChI is InChI=1S/C24H28N8O/c1-3-5-11-21(33)24-26-22(12-6-4-2)32(29-24)16-18-14-13-17(15-25-18)19-9-7-8-10-20(19)23-27-30-31-28-23/h7-10,13-15H,3-6,11-12,16H2,1-2H3,(H,27,28,30,31). The number of nitrogens with one attached hydrogen (secondary N) is 1. The maximum atomic E-state index is 12.5. The number of pyridine rings is 1. The van der Waals surface area contributed by atoms with E-state index < -0.39 is 0 Å². The minimum absolute atomic E-state index is 0.00942. The number of H-pyrrole nitrogens is 1. The highest BCUT2D eigenvalue weighted by molar-refractivity contribution is 5.92.